The Morgan fingerprint density at radius 3 is 2.58 bits per heavy atom. The molecule has 1 aromatic rings. The highest BCUT2D eigenvalue weighted by molar-refractivity contribution is 5.19. The minimum Gasteiger partial charge on any atom is -0.395 e. The van der Waals surface area contributed by atoms with Crippen LogP contribution in [0.3, 0.4) is 0 Å². The van der Waals surface area contributed by atoms with Gasteiger partial charge in [0.25, 0.3) is 0 Å². The van der Waals surface area contributed by atoms with Crippen molar-refractivity contribution in [3.05, 3.63) is 35.9 Å². The number of nitrogens with zero attached hydrogens (tertiary/aromatic N) is 2. The van der Waals surface area contributed by atoms with Gasteiger partial charge in [0.15, 0.2) is 0 Å². The van der Waals surface area contributed by atoms with E-state index in [1.165, 1.54) is 5.56 Å². The number of hydrogen-bond acceptors (Lipinski definition) is 4. The normalized spacial score (nSPS) is 20.1. The molecule has 106 valence electrons. The quantitative estimate of drug-likeness (QED) is 0.820. The van der Waals surface area contributed by atoms with Gasteiger partial charge in [0.2, 0.25) is 0 Å². The monoisotopic (exact) mass is 263 g/mol. The molecule has 1 saturated heterocycles. The van der Waals surface area contributed by atoms with Crippen LogP contribution in [0.2, 0.25) is 0 Å². The molecule has 1 fully saturated rings. The van der Waals surface area contributed by atoms with Crippen LogP contribution in [0, 0.1) is 0 Å². The Morgan fingerprint density at radius 1 is 1.11 bits per heavy atom. The van der Waals surface area contributed by atoms with Crippen molar-refractivity contribution < 1.29 is 5.11 Å². The Morgan fingerprint density at radius 2 is 1.89 bits per heavy atom. The molecule has 1 atom stereocenters. The Bertz CT molecular complexity index is 358. The number of rotatable bonds is 5. The molecule has 0 aliphatic carbocycles. The van der Waals surface area contributed by atoms with E-state index in [4.69, 9.17) is 10.8 Å². The second-order valence-electron chi connectivity index (χ2n) is 5.12. The first-order chi connectivity index (χ1) is 9.35. The summed E-state index contributed by atoms with van der Waals surface area (Å²) < 4.78 is 0. The van der Waals surface area contributed by atoms with E-state index < -0.39 is 0 Å². The first kappa shape index (κ1) is 14.5. The Balaban J connectivity index is 1.99. The summed E-state index contributed by atoms with van der Waals surface area (Å²) in [6.45, 7) is 5.89. The van der Waals surface area contributed by atoms with Gasteiger partial charge in [-0.3, -0.25) is 9.80 Å². The minimum atomic E-state index is 0.249. The lowest BCUT2D eigenvalue weighted by Gasteiger charge is -2.30. The van der Waals surface area contributed by atoms with Crippen LogP contribution in [0.5, 0.6) is 0 Å². The van der Waals surface area contributed by atoms with Gasteiger partial charge in [0, 0.05) is 38.8 Å². The fourth-order valence-electron chi connectivity index (χ4n) is 2.84. The maximum Gasteiger partial charge on any atom is 0.0558 e. The lowest BCUT2D eigenvalue weighted by molar-refractivity contribution is 0.182. The summed E-state index contributed by atoms with van der Waals surface area (Å²) in [5, 5.41) is 9.03. The molecule has 0 radical (unpaired) electrons. The lowest BCUT2D eigenvalue weighted by atomic mass is 10.1. The molecule has 4 nitrogen and oxygen atoms in total. The summed E-state index contributed by atoms with van der Waals surface area (Å²) in [7, 11) is 0. The zero-order valence-corrected chi connectivity index (χ0v) is 11.5. The van der Waals surface area contributed by atoms with Crippen LogP contribution < -0.4 is 5.73 Å². The van der Waals surface area contributed by atoms with Gasteiger partial charge < -0.3 is 10.8 Å². The van der Waals surface area contributed by atoms with Crippen LogP contribution in [-0.2, 0) is 0 Å². The molecule has 2 rings (SSSR count). The van der Waals surface area contributed by atoms with Crippen molar-refractivity contribution >= 4 is 0 Å². The van der Waals surface area contributed by atoms with E-state index in [9.17, 15) is 0 Å². The zero-order chi connectivity index (χ0) is 13.5. The molecule has 1 aromatic carbocycles. The molecule has 0 bridgehead atoms. The summed E-state index contributed by atoms with van der Waals surface area (Å²) in [5.74, 6) is 0. The molecule has 1 heterocycles. The molecule has 1 unspecified atom stereocenters. The first-order valence-electron chi connectivity index (χ1n) is 7.17. The summed E-state index contributed by atoms with van der Waals surface area (Å²) in [5.41, 5.74) is 7.29. The van der Waals surface area contributed by atoms with Crippen LogP contribution in [0.25, 0.3) is 0 Å². The number of β-amino-alcohol motifs (C(OH)–C–C–N with tert-alkyl or cyclic N) is 1. The van der Waals surface area contributed by atoms with Gasteiger partial charge in [-0.05, 0) is 18.5 Å². The van der Waals surface area contributed by atoms with E-state index in [0.29, 0.717) is 12.6 Å². The smallest absolute Gasteiger partial charge is 0.0558 e. The summed E-state index contributed by atoms with van der Waals surface area (Å²) >= 11 is 0. The average molecular weight is 263 g/mol. The highest BCUT2D eigenvalue weighted by Crippen LogP contribution is 2.20. The molecule has 0 amide bonds. The molecular weight excluding hydrogens is 238 g/mol. The van der Waals surface area contributed by atoms with Gasteiger partial charge in [0.1, 0.15) is 0 Å². The van der Waals surface area contributed by atoms with E-state index in [1.807, 2.05) is 6.07 Å². The third-order valence-corrected chi connectivity index (χ3v) is 3.89. The van der Waals surface area contributed by atoms with E-state index >= 15 is 0 Å². The molecule has 0 saturated carbocycles. The van der Waals surface area contributed by atoms with Crippen molar-refractivity contribution in [1.82, 2.24) is 9.80 Å². The van der Waals surface area contributed by atoms with Gasteiger partial charge >= 0.3 is 0 Å². The van der Waals surface area contributed by atoms with Gasteiger partial charge in [-0.2, -0.15) is 0 Å². The molecule has 3 N–H and O–H groups in total. The van der Waals surface area contributed by atoms with Crippen LogP contribution in [-0.4, -0.2) is 60.8 Å². The van der Waals surface area contributed by atoms with Crippen molar-refractivity contribution in [2.75, 3.05) is 45.9 Å². The molecule has 0 aromatic heterocycles. The van der Waals surface area contributed by atoms with Crippen molar-refractivity contribution in [3.63, 3.8) is 0 Å². The van der Waals surface area contributed by atoms with E-state index in [2.05, 4.69) is 34.1 Å². The number of benzene rings is 1. The second kappa shape index (κ2) is 7.60. The summed E-state index contributed by atoms with van der Waals surface area (Å²) in [6, 6.07) is 10.8. The van der Waals surface area contributed by atoms with Crippen molar-refractivity contribution in [2.24, 2.45) is 5.73 Å². The van der Waals surface area contributed by atoms with Crippen LogP contribution in [0.1, 0.15) is 18.0 Å². The van der Waals surface area contributed by atoms with Gasteiger partial charge in [-0.15, -0.1) is 0 Å². The van der Waals surface area contributed by atoms with Crippen LogP contribution in [0.15, 0.2) is 30.3 Å². The van der Waals surface area contributed by atoms with E-state index in [-0.39, 0.29) is 6.61 Å². The maximum absolute atomic E-state index is 9.03. The predicted octanol–water partition coefficient (Wildman–Crippen LogP) is 0.686. The van der Waals surface area contributed by atoms with Gasteiger partial charge in [0.05, 0.1) is 6.61 Å². The molecule has 1 aliphatic rings. The van der Waals surface area contributed by atoms with Crippen molar-refractivity contribution in [1.29, 1.82) is 0 Å². The molecule has 0 spiro atoms. The zero-order valence-electron chi connectivity index (χ0n) is 11.5. The Labute approximate surface area is 115 Å². The standard InChI is InChI=1S/C15H25N3O/c16-13-15(14-5-2-1-3-6-14)18-8-4-7-17(9-10-18)11-12-19/h1-3,5-6,15,19H,4,7-13,16H2. The van der Waals surface area contributed by atoms with E-state index in [0.717, 1.165) is 39.1 Å². The number of aliphatic hydroxyl groups is 1. The van der Waals surface area contributed by atoms with Gasteiger partial charge in [-0.25, -0.2) is 0 Å². The Hall–Kier alpha value is -0.940. The van der Waals surface area contributed by atoms with Crippen LogP contribution >= 0.6 is 0 Å². The molecule has 4 heteroatoms. The van der Waals surface area contributed by atoms with Crippen molar-refractivity contribution in [2.45, 2.75) is 12.5 Å². The summed E-state index contributed by atoms with van der Waals surface area (Å²) in [4.78, 5) is 4.81. The highest BCUT2D eigenvalue weighted by atomic mass is 16.3. The van der Waals surface area contributed by atoms with E-state index in [1.54, 1.807) is 0 Å². The summed E-state index contributed by atoms with van der Waals surface area (Å²) in [6.07, 6.45) is 1.14. The fraction of sp³-hybridized carbons (Fsp3) is 0.600. The molecule has 1 aliphatic heterocycles. The fourth-order valence-corrected chi connectivity index (χ4v) is 2.84. The maximum atomic E-state index is 9.03. The lowest BCUT2D eigenvalue weighted by Crippen LogP contribution is -2.37. The second-order valence-corrected chi connectivity index (χ2v) is 5.12. The first-order valence-corrected chi connectivity index (χ1v) is 7.17. The Kier molecular flexibility index (Phi) is 5.79. The average Bonchev–Trinajstić information content (AvgIpc) is 2.68. The number of aliphatic hydroxyl groups excluding tert-OH is 1. The third kappa shape index (κ3) is 4.01. The van der Waals surface area contributed by atoms with Crippen molar-refractivity contribution in [3.8, 4) is 0 Å². The SMILES string of the molecule is NCC(c1ccccc1)N1CCCN(CCO)CC1. The topological polar surface area (TPSA) is 52.7 Å². The third-order valence-electron chi connectivity index (χ3n) is 3.89. The molecule has 19 heavy (non-hydrogen) atoms. The minimum absolute atomic E-state index is 0.249. The number of nitrogens with two attached hydrogens (primary N) is 1. The highest BCUT2D eigenvalue weighted by Gasteiger charge is 2.21. The predicted molar refractivity (Wildman–Crippen MR) is 78.0 cm³/mol. The number of hydrogen-bond donors (Lipinski definition) is 2. The largest absolute Gasteiger partial charge is 0.395 e. The van der Waals surface area contributed by atoms with Crippen LogP contribution in [0.4, 0.5) is 0 Å². The van der Waals surface area contributed by atoms with Gasteiger partial charge in [-0.1, -0.05) is 30.3 Å². The molecular formula is C15H25N3O.